The minimum atomic E-state index is -0.460. The third-order valence-electron chi connectivity index (χ3n) is 7.62. The Labute approximate surface area is 215 Å². The highest BCUT2D eigenvalue weighted by atomic mass is 35.5. The summed E-state index contributed by atoms with van der Waals surface area (Å²) in [5.74, 6) is 2.85. The van der Waals surface area contributed by atoms with Crippen molar-refractivity contribution in [2.75, 3.05) is 13.2 Å². The molecule has 1 aromatic carbocycles. The molecule has 2 aromatic heterocycles. The summed E-state index contributed by atoms with van der Waals surface area (Å²) in [5.41, 5.74) is 1.68. The fourth-order valence-electron chi connectivity index (χ4n) is 5.51. The Morgan fingerprint density at radius 3 is 2.69 bits per heavy atom. The number of nitrogens with one attached hydrogen (secondary N) is 1. The van der Waals surface area contributed by atoms with Crippen LogP contribution in [0.5, 0.6) is 5.88 Å². The number of amides is 1. The number of hydrogen-bond acceptors (Lipinski definition) is 6. The first-order chi connectivity index (χ1) is 17.5. The summed E-state index contributed by atoms with van der Waals surface area (Å²) in [4.78, 5) is 17.3. The van der Waals surface area contributed by atoms with Gasteiger partial charge in [-0.2, -0.15) is 0 Å². The molecule has 0 bridgehead atoms. The molecule has 3 aromatic rings. The molecule has 0 unspecified atom stereocenters. The summed E-state index contributed by atoms with van der Waals surface area (Å²) in [6.07, 6.45) is 7.03. The second-order valence-electron chi connectivity index (χ2n) is 10.5. The molecule has 0 radical (unpaired) electrons. The number of carbonyl (C=O) groups excluding carboxylic acids is 1. The van der Waals surface area contributed by atoms with Gasteiger partial charge in [0.25, 0.3) is 0 Å². The number of halogens is 1. The topological polar surface area (TPSA) is 91.2 Å². The number of pyridine rings is 1. The fraction of sp³-hybridized carbons (Fsp3) is 0.481. The molecular formula is C27H30ClN5O3. The van der Waals surface area contributed by atoms with E-state index in [0.29, 0.717) is 37.0 Å². The van der Waals surface area contributed by atoms with E-state index in [-0.39, 0.29) is 24.0 Å². The van der Waals surface area contributed by atoms with Crippen LogP contribution in [0.1, 0.15) is 55.7 Å². The lowest BCUT2D eigenvalue weighted by atomic mass is 9.86. The molecule has 0 spiro atoms. The van der Waals surface area contributed by atoms with Gasteiger partial charge in [-0.15, -0.1) is 10.2 Å². The Hall–Kier alpha value is -2.97. The van der Waals surface area contributed by atoms with Crippen LogP contribution >= 0.6 is 11.6 Å². The molecule has 188 valence electrons. The third-order valence-corrected chi connectivity index (χ3v) is 7.86. The van der Waals surface area contributed by atoms with E-state index in [0.717, 1.165) is 48.6 Å². The molecule has 1 N–H and O–H groups in total. The Morgan fingerprint density at radius 1 is 1.14 bits per heavy atom. The summed E-state index contributed by atoms with van der Waals surface area (Å²) in [6, 6.07) is 11.6. The van der Waals surface area contributed by atoms with Crippen LogP contribution in [0.25, 0.3) is 5.69 Å². The molecule has 1 amide bonds. The summed E-state index contributed by atoms with van der Waals surface area (Å²) in [5, 5.41) is 13.2. The number of nitrogens with zero attached hydrogens (tertiary/aromatic N) is 4. The molecule has 2 aliphatic heterocycles. The predicted octanol–water partition coefficient (Wildman–Crippen LogP) is 4.04. The predicted molar refractivity (Wildman–Crippen MR) is 134 cm³/mol. The minimum absolute atomic E-state index is 0.0294. The minimum Gasteiger partial charge on any atom is -0.474 e. The third kappa shape index (κ3) is 4.48. The maximum absolute atomic E-state index is 13.0. The van der Waals surface area contributed by atoms with Crippen LogP contribution in [0.3, 0.4) is 0 Å². The Bertz CT molecular complexity index is 1250. The van der Waals surface area contributed by atoms with E-state index in [9.17, 15) is 4.79 Å². The standard InChI is InChI=1S/C27H30ClN5O3/c1-27(15-35-16-27)26(34)30-20-13-18-12-19(28)7-10-22(18)33-23(14-20)31-32-25(33)17-5-8-21(9-6-17)36-24-4-2-3-11-29-24/h2-4,7,10-12,17,20-21H,5-6,8-9,13-16H2,1H3,(H,30,34)/t17?,20-,21?/m1/s1. The Morgan fingerprint density at radius 2 is 1.97 bits per heavy atom. The Balaban J connectivity index is 1.23. The first-order valence-corrected chi connectivity index (χ1v) is 13.1. The van der Waals surface area contributed by atoms with E-state index < -0.39 is 5.41 Å². The summed E-state index contributed by atoms with van der Waals surface area (Å²) in [6.45, 7) is 2.86. The summed E-state index contributed by atoms with van der Waals surface area (Å²) in [7, 11) is 0. The molecule has 1 aliphatic carbocycles. The lowest BCUT2D eigenvalue weighted by molar-refractivity contribution is -0.158. The van der Waals surface area contributed by atoms with Crippen LogP contribution in [0, 0.1) is 5.41 Å². The van der Waals surface area contributed by atoms with E-state index in [1.165, 1.54) is 0 Å². The van der Waals surface area contributed by atoms with Crippen molar-refractivity contribution in [3.63, 3.8) is 0 Å². The molecule has 2 fully saturated rings. The zero-order valence-corrected chi connectivity index (χ0v) is 21.1. The highest BCUT2D eigenvalue weighted by Gasteiger charge is 2.42. The van der Waals surface area contributed by atoms with Crippen molar-refractivity contribution in [2.24, 2.45) is 5.41 Å². The number of fused-ring (bicyclic) bond motifs is 3. The van der Waals surface area contributed by atoms with Gasteiger partial charge >= 0.3 is 0 Å². The number of hydrogen-bond donors (Lipinski definition) is 1. The van der Waals surface area contributed by atoms with Gasteiger partial charge in [0, 0.05) is 35.7 Å². The smallest absolute Gasteiger partial charge is 0.230 e. The summed E-state index contributed by atoms with van der Waals surface area (Å²) < 4.78 is 13.6. The van der Waals surface area contributed by atoms with Crippen molar-refractivity contribution in [1.82, 2.24) is 25.1 Å². The van der Waals surface area contributed by atoms with Crippen LogP contribution in [-0.4, -0.2) is 51.0 Å². The van der Waals surface area contributed by atoms with Gasteiger partial charge in [0.15, 0.2) is 0 Å². The molecule has 1 saturated heterocycles. The zero-order valence-electron chi connectivity index (χ0n) is 20.3. The molecule has 9 heteroatoms. The van der Waals surface area contributed by atoms with Crippen molar-refractivity contribution >= 4 is 17.5 Å². The number of rotatable bonds is 5. The van der Waals surface area contributed by atoms with Crippen LogP contribution in [0.15, 0.2) is 42.6 Å². The molecule has 6 rings (SSSR count). The van der Waals surface area contributed by atoms with Crippen LogP contribution < -0.4 is 10.1 Å². The SMILES string of the molecule is CC1(C(=O)N[C@@H]2Cc3cc(Cl)ccc3-n3c(nnc3C3CCC(Oc4ccccn4)CC3)C2)COC1. The fourth-order valence-corrected chi connectivity index (χ4v) is 5.71. The average molecular weight is 508 g/mol. The highest BCUT2D eigenvalue weighted by Crippen LogP contribution is 2.37. The van der Waals surface area contributed by atoms with Gasteiger partial charge in [-0.3, -0.25) is 9.36 Å². The molecule has 4 heterocycles. The van der Waals surface area contributed by atoms with E-state index in [1.54, 1.807) is 6.20 Å². The van der Waals surface area contributed by atoms with E-state index in [2.05, 4.69) is 31.1 Å². The first-order valence-electron chi connectivity index (χ1n) is 12.7. The lowest BCUT2D eigenvalue weighted by Crippen LogP contribution is -2.54. The normalized spacial score (nSPS) is 24.6. The maximum atomic E-state index is 13.0. The van der Waals surface area contributed by atoms with Crippen LogP contribution in [0.2, 0.25) is 5.02 Å². The quantitative estimate of drug-likeness (QED) is 0.560. The highest BCUT2D eigenvalue weighted by molar-refractivity contribution is 6.30. The van der Waals surface area contributed by atoms with Crippen molar-refractivity contribution in [2.45, 2.75) is 63.5 Å². The second kappa shape index (κ2) is 9.48. The van der Waals surface area contributed by atoms with Gasteiger partial charge in [-0.25, -0.2) is 4.98 Å². The Kier molecular flexibility index (Phi) is 6.17. The van der Waals surface area contributed by atoms with Gasteiger partial charge in [0.1, 0.15) is 17.8 Å². The average Bonchev–Trinajstić information content (AvgIpc) is 3.20. The van der Waals surface area contributed by atoms with E-state index >= 15 is 0 Å². The molecule has 36 heavy (non-hydrogen) atoms. The van der Waals surface area contributed by atoms with Crippen LogP contribution in [0.4, 0.5) is 0 Å². The van der Waals surface area contributed by atoms with Gasteiger partial charge in [0.2, 0.25) is 11.8 Å². The maximum Gasteiger partial charge on any atom is 0.230 e. The van der Waals surface area contributed by atoms with Crippen molar-refractivity contribution in [3.05, 3.63) is 64.8 Å². The van der Waals surface area contributed by atoms with Crippen molar-refractivity contribution in [3.8, 4) is 11.6 Å². The van der Waals surface area contributed by atoms with E-state index in [4.69, 9.17) is 21.1 Å². The molecule has 8 nitrogen and oxygen atoms in total. The largest absolute Gasteiger partial charge is 0.474 e. The van der Waals surface area contributed by atoms with Crippen molar-refractivity contribution < 1.29 is 14.3 Å². The zero-order chi connectivity index (χ0) is 24.7. The first kappa shape index (κ1) is 23.4. The number of benzene rings is 1. The monoisotopic (exact) mass is 507 g/mol. The van der Waals surface area contributed by atoms with E-state index in [1.807, 2.05) is 37.3 Å². The van der Waals surface area contributed by atoms with Gasteiger partial charge in [-0.1, -0.05) is 17.7 Å². The van der Waals surface area contributed by atoms with Gasteiger partial charge in [0.05, 0.1) is 24.3 Å². The number of aromatic nitrogens is 4. The number of ether oxygens (including phenoxy) is 2. The number of carbonyl (C=O) groups is 1. The molecule has 1 saturated carbocycles. The van der Waals surface area contributed by atoms with Gasteiger partial charge < -0.3 is 14.8 Å². The molecular weight excluding hydrogens is 478 g/mol. The lowest BCUT2D eigenvalue weighted by Gasteiger charge is -2.37. The van der Waals surface area contributed by atoms with Gasteiger partial charge in [-0.05, 0) is 68.9 Å². The molecule has 3 aliphatic rings. The summed E-state index contributed by atoms with van der Waals surface area (Å²) >= 11 is 6.40. The molecule has 1 atom stereocenters. The van der Waals surface area contributed by atoms with Crippen LogP contribution in [-0.2, 0) is 22.4 Å². The second-order valence-corrected chi connectivity index (χ2v) is 10.9. The van der Waals surface area contributed by atoms with Crippen molar-refractivity contribution in [1.29, 1.82) is 0 Å².